The van der Waals surface area contributed by atoms with Crippen molar-refractivity contribution >= 4 is 11.9 Å². The molecule has 0 radical (unpaired) electrons. The number of nitrogens with zero attached hydrogens (tertiary/aromatic N) is 3. The number of aromatic nitrogens is 2. The fourth-order valence-electron chi connectivity index (χ4n) is 2.74. The lowest BCUT2D eigenvalue weighted by Crippen LogP contribution is -2.36. The minimum Gasteiger partial charge on any atom is -0.350 e. The van der Waals surface area contributed by atoms with Gasteiger partial charge in [-0.15, -0.1) is 0 Å². The molecule has 3 rings (SSSR count). The average Bonchev–Trinajstić information content (AvgIpc) is 2.72. The summed E-state index contributed by atoms with van der Waals surface area (Å²) in [6.45, 7) is 5.22. The van der Waals surface area contributed by atoms with E-state index in [9.17, 15) is 4.79 Å². The van der Waals surface area contributed by atoms with Crippen molar-refractivity contribution in [3.63, 3.8) is 0 Å². The number of amides is 1. The van der Waals surface area contributed by atoms with Gasteiger partial charge in [0.15, 0.2) is 0 Å². The van der Waals surface area contributed by atoms with Crippen LogP contribution in [0.1, 0.15) is 35.3 Å². The number of hydrogen-bond acceptors (Lipinski definition) is 4. The van der Waals surface area contributed by atoms with Gasteiger partial charge in [0.05, 0.1) is 5.56 Å². The summed E-state index contributed by atoms with van der Waals surface area (Å²) in [6, 6.07) is 20.1. The molecule has 0 bridgehead atoms. The van der Waals surface area contributed by atoms with E-state index in [0.717, 1.165) is 11.1 Å². The van der Waals surface area contributed by atoms with Crippen LogP contribution in [0.25, 0.3) is 0 Å². The Morgan fingerprint density at radius 2 is 1.48 bits per heavy atom. The quantitative estimate of drug-likeness (QED) is 0.688. The van der Waals surface area contributed by atoms with Crippen LogP contribution in [-0.4, -0.2) is 26.8 Å². The number of nitrogens with one attached hydrogen (secondary N) is 1. The van der Waals surface area contributed by atoms with Gasteiger partial charge in [-0.25, -0.2) is 9.97 Å². The van der Waals surface area contributed by atoms with Gasteiger partial charge in [0.25, 0.3) is 5.91 Å². The predicted octanol–water partition coefficient (Wildman–Crippen LogP) is 4.14. The van der Waals surface area contributed by atoms with Crippen LogP contribution < -0.4 is 5.32 Å². The van der Waals surface area contributed by atoms with E-state index in [1.165, 1.54) is 0 Å². The zero-order chi connectivity index (χ0) is 19.1. The topological polar surface area (TPSA) is 58.1 Å². The lowest BCUT2D eigenvalue weighted by Gasteiger charge is -2.26. The molecule has 27 heavy (non-hydrogen) atoms. The Kier molecular flexibility index (Phi) is 6.15. The molecule has 0 aliphatic heterocycles. The summed E-state index contributed by atoms with van der Waals surface area (Å²) in [7, 11) is 0. The minimum atomic E-state index is -0.0662. The van der Waals surface area contributed by atoms with Gasteiger partial charge in [-0.05, 0) is 25.0 Å². The maximum Gasteiger partial charge on any atom is 0.257 e. The summed E-state index contributed by atoms with van der Waals surface area (Å²) in [5, 5.41) is 3.17. The maximum atomic E-state index is 12.9. The third kappa shape index (κ3) is 5.14. The lowest BCUT2D eigenvalue weighted by molar-refractivity contribution is 0.0689. The predicted molar refractivity (Wildman–Crippen MR) is 107 cm³/mol. The molecule has 1 aromatic heterocycles. The molecule has 0 atom stereocenters. The van der Waals surface area contributed by atoms with E-state index in [2.05, 4.69) is 15.3 Å². The van der Waals surface area contributed by atoms with Crippen LogP contribution in [0, 0.1) is 0 Å². The molecule has 5 heteroatoms. The van der Waals surface area contributed by atoms with Crippen molar-refractivity contribution in [2.24, 2.45) is 0 Å². The average molecular weight is 360 g/mol. The summed E-state index contributed by atoms with van der Waals surface area (Å²) < 4.78 is 0. The molecule has 1 amide bonds. The molecule has 0 spiro atoms. The lowest BCUT2D eigenvalue weighted by atomic mass is 10.1. The van der Waals surface area contributed by atoms with E-state index in [-0.39, 0.29) is 11.9 Å². The van der Waals surface area contributed by atoms with E-state index in [1.807, 2.05) is 79.4 Å². The van der Waals surface area contributed by atoms with Gasteiger partial charge in [0, 0.05) is 31.5 Å². The van der Waals surface area contributed by atoms with Crippen molar-refractivity contribution in [3.05, 3.63) is 89.7 Å². The van der Waals surface area contributed by atoms with Crippen LogP contribution in [-0.2, 0) is 13.1 Å². The van der Waals surface area contributed by atoms with Crippen LogP contribution in [0.5, 0.6) is 0 Å². The highest BCUT2D eigenvalue weighted by Gasteiger charge is 2.19. The second-order valence-electron chi connectivity index (χ2n) is 6.65. The first-order chi connectivity index (χ1) is 13.1. The molecule has 138 valence electrons. The molecule has 1 N–H and O–H groups in total. The van der Waals surface area contributed by atoms with Crippen LogP contribution >= 0.6 is 0 Å². The highest BCUT2D eigenvalue weighted by atomic mass is 16.2. The number of hydrogen-bond donors (Lipinski definition) is 1. The Morgan fingerprint density at radius 1 is 0.926 bits per heavy atom. The monoisotopic (exact) mass is 360 g/mol. The second kappa shape index (κ2) is 8.94. The first-order valence-corrected chi connectivity index (χ1v) is 9.08. The molecular formula is C22H24N4O. The molecule has 0 saturated heterocycles. The molecule has 1 heterocycles. The van der Waals surface area contributed by atoms with Crippen molar-refractivity contribution < 1.29 is 4.79 Å². The molecule has 0 saturated carbocycles. The SMILES string of the molecule is CC(C)N(Cc1ccccc1)C(=O)c1cnc(NCc2ccccc2)nc1. The normalized spacial score (nSPS) is 10.6. The molecule has 5 nitrogen and oxygen atoms in total. The largest absolute Gasteiger partial charge is 0.350 e. The van der Waals surface area contributed by atoms with Gasteiger partial charge in [-0.3, -0.25) is 4.79 Å². The first kappa shape index (κ1) is 18.6. The van der Waals surface area contributed by atoms with Crippen LogP contribution in [0.2, 0.25) is 0 Å². The van der Waals surface area contributed by atoms with E-state index in [0.29, 0.717) is 24.6 Å². The van der Waals surface area contributed by atoms with Gasteiger partial charge >= 0.3 is 0 Å². The molecule has 0 aliphatic carbocycles. The summed E-state index contributed by atoms with van der Waals surface area (Å²) in [5.74, 6) is 0.443. The Balaban J connectivity index is 1.66. The standard InChI is InChI=1S/C22H24N4O/c1-17(2)26(16-19-11-7-4-8-12-19)21(27)20-14-24-22(25-15-20)23-13-18-9-5-3-6-10-18/h3-12,14-15,17H,13,16H2,1-2H3,(H,23,24,25). The van der Waals surface area contributed by atoms with Gasteiger partial charge in [0.1, 0.15) is 0 Å². The van der Waals surface area contributed by atoms with Crippen LogP contribution in [0.15, 0.2) is 73.1 Å². The Bertz CT molecular complexity index is 849. The third-order valence-electron chi connectivity index (χ3n) is 4.27. The van der Waals surface area contributed by atoms with Crippen LogP contribution in [0.3, 0.4) is 0 Å². The van der Waals surface area contributed by atoms with Crippen molar-refractivity contribution in [2.75, 3.05) is 5.32 Å². The second-order valence-corrected chi connectivity index (χ2v) is 6.65. The van der Waals surface area contributed by atoms with Gasteiger partial charge in [-0.1, -0.05) is 60.7 Å². The number of carbonyl (C=O) groups is 1. The Hall–Kier alpha value is -3.21. The Labute approximate surface area is 160 Å². The number of benzene rings is 2. The minimum absolute atomic E-state index is 0.0662. The first-order valence-electron chi connectivity index (χ1n) is 9.08. The van der Waals surface area contributed by atoms with Gasteiger partial charge in [0.2, 0.25) is 5.95 Å². The molecule has 0 unspecified atom stereocenters. The van der Waals surface area contributed by atoms with Crippen molar-refractivity contribution in [2.45, 2.75) is 33.0 Å². The Morgan fingerprint density at radius 3 is 2.04 bits per heavy atom. The summed E-state index contributed by atoms with van der Waals surface area (Å²) in [5.41, 5.74) is 2.74. The molecule has 0 fully saturated rings. The smallest absolute Gasteiger partial charge is 0.257 e. The highest BCUT2D eigenvalue weighted by Crippen LogP contribution is 2.13. The molecule has 3 aromatic rings. The van der Waals surface area contributed by atoms with Gasteiger partial charge < -0.3 is 10.2 Å². The highest BCUT2D eigenvalue weighted by molar-refractivity contribution is 5.93. The van der Waals surface area contributed by atoms with E-state index in [1.54, 1.807) is 12.4 Å². The zero-order valence-corrected chi connectivity index (χ0v) is 15.7. The van der Waals surface area contributed by atoms with E-state index < -0.39 is 0 Å². The van der Waals surface area contributed by atoms with E-state index in [4.69, 9.17) is 0 Å². The fourth-order valence-corrected chi connectivity index (χ4v) is 2.74. The number of rotatable bonds is 7. The summed E-state index contributed by atoms with van der Waals surface area (Å²) >= 11 is 0. The van der Waals surface area contributed by atoms with Crippen molar-refractivity contribution in [3.8, 4) is 0 Å². The number of carbonyl (C=O) groups excluding carboxylic acids is 1. The summed E-state index contributed by atoms with van der Waals surface area (Å²) in [6.07, 6.45) is 3.17. The fraction of sp³-hybridized carbons (Fsp3) is 0.227. The molecule has 0 aliphatic rings. The molecular weight excluding hydrogens is 336 g/mol. The molecule has 2 aromatic carbocycles. The van der Waals surface area contributed by atoms with Crippen LogP contribution in [0.4, 0.5) is 5.95 Å². The van der Waals surface area contributed by atoms with E-state index >= 15 is 0 Å². The zero-order valence-electron chi connectivity index (χ0n) is 15.7. The third-order valence-corrected chi connectivity index (χ3v) is 4.27. The summed E-state index contributed by atoms with van der Waals surface area (Å²) in [4.78, 5) is 23.3. The van der Waals surface area contributed by atoms with Gasteiger partial charge in [-0.2, -0.15) is 0 Å². The van der Waals surface area contributed by atoms with Crippen molar-refractivity contribution in [1.82, 2.24) is 14.9 Å². The van der Waals surface area contributed by atoms with Crippen molar-refractivity contribution in [1.29, 1.82) is 0 Å². The number of anilines is 1. The maximum absolute atomic E-state index is 12.9.